The summed E-state index contributed by atoms with van der Waals surface area (Å²) in [4.78, 5) is 29.8. The van der Waals surface area contributed by atoms with Crippen LogP contribution in [0.5, 0.6) is 0 Å². The Balaban J connectivity index is 1.43. The maximum absolute atomic E-state index is 12.4. The van der Waals surface area contributed by atoms with Crippen molar-refractivity contribution < 1.29 is 29.4 Å². The van der Waals surface area contributed by atoms with E-state index in [1.165, 1.54) is 4.57 Å². The zero-order chi connectivity index (χ0) is 23.8. The fraction of sp³-hybridized carbons (Fsp3) is 0.737. The highest BCUT2D eigenvalue weighted by Crippen LogP contribution is 2.32. The van der Waals surface area contributed by atoms with Gasteiger partial charge in [-0.25, -0.2) is 14.4 Å². The van der Waals surface area contributed by atoms with Crippen LogP contribution >= 0.6 is 0 Å². The Labute approximate surface area is 190 Å². The standard InChI is InChI=1S/C19H33N7O7/c1-3-30-9-6-23-31-8-5-4-7-25(2)32-10-12-14(27)15(28)18(33-12)26-17-13(24-19(26)29)16(20)21-11-22-17/h6,12,14-15,18,22,27-28H,3-5,7-11H2,1-2H3,(H2,20,21)(H,24,29)/t12-,14-,15-,18-/m1/s1. The average Bonchev–Trinajstić information content (AvgIpc) is 3.27. The van der Waals surface area contributed by atoms with E-state index in [0.29, 0.717) is 37.9 Å². The van der Waals surface area contributed by atoms with E-state index < -0.39 is 30.2 Å². The van der Waals surface area contributed by atoms with Crippen molar-refractivity contribution in [2.75, 3.05) is 52.0 Å². The summed E-state index contributed by atoms with van der Waals surface area (Å²) in [7, 11) is 1.76. The summed E-state index contributed by atoms with van der Waals surface area (Å²) in [6.07, 6.45) is -1.35. The summed E-state index contributed by atoms with van der Waals surface area (Å²) in [5.74, 6) is 0.531. The zero-order valence-corrected chi connectivity index (χ0v) is 18.8. The Morgan fingerprint density at radius 3 is 3.00 bits per heavy atom. The number of aromatic amines is 1. The fourth-order valence-corrected chi connectivity index (χ4v) is 3.48. The van der Waals surface area contributed by atoms with Crippen LogP contribution in [-0.4, -0.2) is 102 Å². The minimum Gasteiger partial charge on any atom is -0.396 e. The number of fused-ring (bicyclic) bond motifs is 1. The van der Waals surface area contributed by atoms with Crippen molar-refractivity contribution in [3.05, 3.63) is 16.2 Å². The summed E-state index contributed by atoms with van der Waals surface area (Å²) >= 11 is 0. The lowest BCUT2D eigenvalue weighted by Crippen LogP contribution is -2.36. The Morgan fingerprint density at radius 2 is 2.21 bits per heavy atom. The number of aliphatic imine (C=N–C) groups is 1. The van der Waals surface area contributed by atoms with Crippen molar-refractivity contribution in [2.24, 2.45) is 15.9 Å². The highest BCUT2D eigenvalue weighted by Gasteiger charge is 2.46. The fourth-order valence-electron chi connectivity index (χ4n) is 3.48. The van der Waals surface area contributed by atoms with E-state index in [9.17, 15) is 15.0 Å². The van der Waals surface area contributed by atoms with Crippen molar-refractivity contribution >= 4 is 17.9 Å². The van der Waals surface area contributed by atoms with E-state index in [0.717, 1.165) is 12.8 Å². The topological polar surface area (TPSA) is 181 Å². The van der Waals surface area contributed by atoms with Gasteiger partial charge in [0.25, 0.3) is 0 Å². The van der Waals surface area contributed by atoms with Gasteiger partial charge in [-0.15, -0.1) is 0 Å². The molecule has 0 saturated carbocycles. The van der Waals surface area contributed by atoms with E-state index >= 15 is 0 Å². The largest absolute Gasteiger partial charge is 0.396 e. The summed E-state index contributed by atoms with van der Waals surface area (Å²) in [6, 6.07) is 0. The molecule has 14 heteroatoms. The molecule has 1 fully saturated rings. The van der Waals surface area contributed by atoms with E-state index in [1.807, 2.05) is 6.92 Å². The number of hydroxylamine groups is 2. The maximum atomic E-state index is 12.4. The Hall–Kier alpha value is -2.49. The number of aromatic nitrogens is 2. The molecule has 0 aliphatic carbocycles. The van der Waals surface area contributed by atoms with Gasteiger partial charge >= 0.3 is 5.69 Å². The number of aliphatic hydroxyl groups is 2. The minimum atomic E-state index is -1.33. The molecule has 1 saturated heterocycles. The van der Waals surface area contributed by atoms with Crippen LogP contribution in [0.1, 0.15) is 31.7 Å². The van der Waals surface area contributed by atoms with E-state index in [-0.39, 0.29) is 19.1 Å². The van der Waals surface area contributed by atoms with E-state index in [2.05, 4.69) is 20.4 Å². The van der Waals surface area contributed by atoms with Gasteiger partial charge in [0.1, 0.15) is 48.9 Å². The molecule has 3 heterocycles. The third kappa shape index (κ3) is 6.31. The quantitative estimate of drug-likeness (QED) is 0.130. The van der Waals surface area contributed by atoms with Gasteiger partial charge in [-0.1, -0.05) is 5.16 Å². The molecule has 2 aliphatic heterocycles. The maximum Gasteiger partial charge on any atom is 0.329 e. The van der Waals surface area contributed by atoms with Gasteiger partial charge in [0.05, 0.1) is 19.4 Å². The summed E-state index contributed by atoms with van der Waals surface area (Å²) in [5.41, 5.74) is 5.60. The Kier molecular flexibility index (Phi) is 9.22. The second-order valence-electron chi connectivity index (χ2n) is 7.58. The first kappa shape index (κ1) is 25.1. The number of ether oxygens (including phenoxy) is 2. The smallest absolute Gasteiger partial charge is 0.329 e. The lowest BCUT2D eigenvalue weighted by Gasteiger charge is -2.21. The lowest BCUT2D eigenvalue weighted by molar-refractivity contribution is -0.179. The molecule has 1 aromatic rings. The molecule has 0 spiro atoms. The number of rotatable bonds is 13. The molecule has 0 aromatic carbocycles. The number of unbranched alkanes of at least 4 members (excludes halogenated alkanes) is 1. The van der Waals surface area contributed by atoms with Crippen LogP contribution in [0.15, 0.2) is 14.9 Å². The second-order valence-corrected chi connectivity index (χ2v) is 7.58. The van der Waals surface area contributed by atoms with Gasteiger partial charge in [0.15, 0.2) is 6.23 Å². The molecule has 33 heavy (non-hydrogen) atoms. The van der Waals surface area contributed by atoms with Crippen LogP contribution in [0.2, 0.25) is 0 Å². The summed E-state index contributed by atoms with van der Waals surface area (Å²) in [6.45, 7) is 4.26. The second kappa shape index (κ2) is 12.1. The van der Waals surface area contributed by atoms with Crippen LogP contribution in [0.4, 0.5) is 5.82 Å². The van der Waals surface area contributed by atoms with Crippen LogP contribution in [0, 0.1) is 0 Å². The van der Waals surface area contributed by atoms with Crippen LogP contribution in [0.3, 0.4) is 0 Å². The summed E-state index contributed by atoms with van der Waals surface area (Å²) in [5, 5.41) is 29.3. The number of oxime groups is 1. The number of amidine groups is 1. The molecule has 14 nitrogen and oxygen atoms in total. The van der Waals surface area contributed by atoms with Crippen molar-refractivity contribution in [1.82, 2.24) is 14.6 Å². The van der Waals surface area contributed by atoms with Crippen LogP contribution < -0.4 is 16.7 Å². The Morgan fingerprint density at radius 1 is 1.39 bits per heavy atom. The number of nitrogens with one attached hydrogen (secondary N) is 2. The van der Waals surface area contributed by atoms with Crippen molar-refractivity contribution in [2.45, 2.75) is 44.3 Å². The van der Waals surface area contributed by atoms with Gasteiger partial charge in [0, 0.05) is 20.2 Å². The number of anilines is 1. The van der Waals surface area contributed by atoms with Gasteiger partial charge in [-0.2, -0.15) is 5.06 Å². The highest BCUT2D eigenvalue weighted by atomic mass is 16.7. The predicted molar refractivity (Wildman–Crippen MR) is 119 cm³/mol. The lowest BCUT2D eigenvalue weighted by atomic mass is 10.1. The van der Waals surface area contributed by atoms with Crippen LogP contribution in [0.25, 0.3) is 0 Å². The number of H-pyrrole nitrogens is 1. The zero-order valence-electron chi connectivity index (χ0n) is 18.8. The third-order valence-electron chi connectivity index (χ3n) is 5.24. The van der Waals surface area contributed by atoms with Gasteiger partial charge in [0.2, 0.25) is 0 Å². The third-order valence-corrected chi connectivity index (χ3v) is 5.24. The van der Waals surface area contributed by atoms with Gasteiger partial charge in [-0.05, 0) is 19.8 Å². The SMILES string of the molecule is CCOCC=NOCCCCN(C)OC[C@H]1O[C@@H](n2c3c([nH]c2=O)C(N)=NCN3)[C@H](O)[C@@H]1O. The van der Waals surface area contributed by atoms with Gasteiger partial charge < -0.3 is 40.6 Å². The predicted octanol–water partition coefficient (Wildman–Crippen LogP) is -1.43. The molecule has 0 radical (unpaired) electrons. The van der Waals surface area contributed by atoms with Crippen molar-refractivity contribution in [3.8, 4) is 0 Å². The molecule has 0 bridgehead atoms. The first-order valence-corrected chi connectivity index (χ1v) is 10.9. The normalized spacial score (nSPS) is 24.8. The molecule has 186 valence electrons. The number of aliphatic hydroxyl groups excluding tert-OH is 2. The Bertz CT molecular complexity index is 871. The molecule has 0 amide bonds. The molecule has 6 N–H and O–H groups in total. The highest BCUT2D eigenvalue weighted by molar-refractivity contribution is 6.01. The average molecular weight is 472 g/mol. The van der Waals surface area contributed by atoms with Crippen LogP contribution in [-0.2, 0) is 19.1 Å². The number of nitrogens with two attached hydrogens (primary N) is 1. The minimum absolute atomic E-state index is 0.00182. The molecule has 1 aromatic heterocycles. The monoisotopic (exact) mass is 471 g/mol. The van der Waals surface area contributed by atoms with E-state index in [1.54, 1.807) is 18.3 Å². The number of hydrogen-bond acceptors (Lipinski definition) is 12. The van der Waals surface area contributed by atoms with Gasteiger partial charge in [-0.3, -0.25) is 4.84 Å². The molecule has 4 atom stereocenters. The number of hydrogen-bond donors (Lipinski definition) is 5. The van der Waals surface area contributed by atoms with Crippen molar-refractivity contribution in [3.63, 3.8) is 0 Å². The molecular weight excluding hydrogens is 438 g/mol. The summed E-state index contributed by atoms with van der Waals surface area (Å²) < 4.78 is 12.1. The van der Waals surface area contributed by atoms with E-state index in [4.69, 9.17) is 24.9 Å². The number of imidazole rings is 1. The number of nitrogens with zero attached hydrogens (tertiary/aromatic N) is 4. The van der Waals surface area contributed by atoms with Crippen molar-refractivity contribution in [1.29, 1.82) is 0 Å². The first-order chi connectivity index (χ1) is 15.9. The molecule has 0 unspecified atom stereocenters. The first-order valence-electron chi connectivity index (χ1n) is 10.9. The molecular formula is C19H33N7O7. The molecule has 3 rings (SSSR count). The molecule has 2 aliphatic rings.